The molecule has 1 aliphatic carbocycles. The van der Waals surface area contributed by atoms with Gasteiger partial charge in [-0.1, -0.05) is 44.2 Å². The Labute approximate surface area is 186 Å². The molecular weight excluding hydrogens is 402 g/mol. The number of ether oxygens (including phenoxy) is 2. The zero-order valence-electron chi connectivity index (χ0n) is 18.4. The first-order valence-electron chi connectivity index (χ1n) is 10.7. The molecule has 0 saturated heterocycles. The molecule has 2 aliphatic rings. The van der Waals surface area contributed by atoms with Crippen molar-refractivity contribution in [3.05, 3.63) is 88.9 Å². The number of allylic oxidation sites excluding steroid dienone is 2. The number of hydrogen-bond donors (Lipinski definition) is 1. The average molecular weight is 428 g/mol. The Hall–Kier alpha value is -3.67. The molecule has 1 aliphatic heterocycles. The molecule has 0 radical (unpaired) electrons. The second kappa shape index (κ2) is 7.48. The molecule has 3 aromatic rings. The fourth-order valence-electron chi connectivity index (χ4n) is 4.68. The molecule has 0 amide bonds. The number of Topliss-reactive ketones (excluding diaryl/α,β-unsaturated/α-hetero) is 1. The second-order valence-electron chi connectivity index (χ2n) is 9.10. The highest BCUT2D eigenvalue weighted by Crippen LogP contribution is 2.48. The molecule has 6 nitrogen and oxygen atoms in total. The van der Waals surface area contributed by atoms with E-state index in [4.69, 9.17) is 14.9 Å². The lowest BCUT2D eigenvalue weighted by Gasteiger charge is -2.37. The number of rotatable bonds is 3. The summed E-state index contributed by atoms with van der Waals surface area (Å²) in [4.78, 5) is 18.0. The van der Waals surface area contributed by atoms with Crippen molar-refractivity contribution in [2.45, 2.75) is 32.6 Å². The molecule has 5 rings (SSSR count). The van der Waals surface area contributed by atoms with Gasteiger partial charge in [-0.2, -0.15) is 0 Å². The van der Waals surface area contributed by atoms with Crippen molar-refractivity contribution in [1.82, 2.24) is 9.55 Å². The van der Waals surface area contributed by atoms with Crippen molar-refractivity contribution in [2.75, 3.05) is 7.11 Å². The molecule has 1 unspecified atom stereocenters. The first kappa shape index (κ1) is 20.2. The van der Waals surface area contributed by atoms with E-state index < -0.39 is 5.92 Å². The van der Waals surface area contributed by atoms with E-state index in [-0.39, 0.29) is 16.7 Å². The Bertz CT molecular complexity index is 1290. The van der Waals surface area contributed by atoms with E-state index in [1.807, 2.05) is 54.6 Å². The standard InChI is InChI=1S/C26H25N3O3/c1-26(2)13-19(30)22-20(14-26)32-25-23(21(22)16-9-11-18(31-3)12-10-16)24(27)29(15-28-25)17-7-5-4-6-8-17/h4-12,15,21,27H,13-14H2,1-3H3. The van der Waals surface area contributed by atoms with Gasteiger partial charge in [0.2, 0.25) is 5.88 Å². The number of nitrogens with zero attached hydrogens (tertiary/aromatic N) is 2. The second-order valence-corrected chi connectivity index (χ2v) is 9.10. The van der Waals surface area contributed by atoms with Crippen LogP contribution in [0.15, 0.2) is 72.3 Å². The van der Waals surface area contributed by atoms with Crippen molar-refractivity contribution in [2.24, 2.45) is 5.41 Å². The first-order valence-corrected chi connectivity index (χ1v) is 10.7. The van der Waals surface area contributed by atoms with Crippen LogP contribution in [0.1, 0.15) is 43.7 Å². The van der Waals surface area contributed by atoms with Gasteiger partial charge in [0.05, 0.1) is 12.7 Å². The number of methoxy groups -OCH3 is 1. The molecule has 6 heteroatoms. The van der Waals surface area contributed by atoms with Gasteiger partial charge in [0.1, 0.15) is 23.3 Å². The number of hydrogen-bond acceptors (Lipinski definition) is 5. The van der Waals surface area contributed by atoms with Crippen molar-refractivity contribution < 1.29 is 14.3 Å². The van der Waals surface area contributed by atoms with Crippen molar-refractivity contribution in [1.29, 1.82) is 5.41 Å². The van der Waals surface area contributed by atoms with Gasteiger partial charge < -0.3 is 9.47 Å². The molecular formula is C26H25N3O3. The van der Waals surface area contributed by atoms with Crippen LogP contribution >= 0.6 is 0 Å². The average Bonchev–Trinajstić information content (AvgIpc) is 2.78. The maximum atomic E-state index is 13.4. The molecule has 0 spiro atoms. The summed E-state index contributed by atoms with van der Waals surface area (Å²) in [5.41, 5.74) is 3.07. The number of carbonyl (C=O) groups excluding carboxylic acids is 1. The van der Waals surface area contributed by atoms with Crippen LogP contribution in [0.4, 0.5) is 0 Å². The van der Waals surface area contributed by atoms with Gasteiger partial charge >= 0.3 is 0 Å². The largest absolute Gasteiger partial charge is 0.497 e. The van der Waals surface area contributed by atoms with Crippen molar-refractivity contribution >= 4 is 5.78 Å². The van der Waals surface area contributed by atoms with Gasteiger partial charge in [-0.15, -0.1) is 0 Å². The fourth-order valence-corrected chi connectivity index (χ4v) is 4.68. The number of fused-ring (bicyclic) bond motifs is 1. The molecule has 0 saturated carbocycles. The van der Waals surface area contributed by atoms with E-state index in [0.717, 1.165) is 17.0 Å². The Morgan fingerprint density at radius 2 is 1.81 bits per heavy atom. The van der Waals surface area contributed by atoms with Crippen molar-refractivity contribution in [3.8, 4) is 17.3 Å². The summed E-state index contributed by atoms with van der Waals surface area (Å²) in [6.45, 7) is 4.15. The summed E-state index contributed by atoms with van der Waals surface area (Å²) < 4.78 is 13.2. The lowest BCUT2D eigenvalue weighted by atomic mass is 9.70. The molecule has 1 N–H and O–H groups in total. The van der Waals surface area contributed by atoms with Gasteiger partial charge in [-0.25, -0.2) is 4.98 Å². The Morgan fingerprint density at radius 3 is 2.50 bits per heavy atom. The minimum absolute atomic E-state index is 0.0669. The number of nitrogens with one attached hydrogen (secondary N) is 1. The molecule has 2 heterocycles. The highest BCUT2D eigenvalue weighted by Gasteiger charge is 2.43. The van der Waals surface area contributed by atoms with Gasteiger partial charge in [0.15, 0.2) is 5.78 Å². The Kier molecular flexibility index (Phi) is 4.73. The lowest BCUT2D eigenvalue weighted by molar-refractivity contribution is -0.118. The molecule has 162 valence electrons. The predicted octanol–water partition coefficient (Wildman–Crippen LogP) is 4.53. The summed E-state index contributed by atoms with van der Waals surface area (Å²) in [6, 6.07) is 17.3. The highest BCUT2D eigenvalue weighted by atomic mass is 16.5. The summed E-state index contributed by atoms with van der Waals surface area (Å²) in [6.07, 6.45) is 2.72. The smallest absolute Gasteiger partial charge is 0.228 e. The highest BCUT2D eigenvalue weighted by molar-refractivity contribution is 6.00. The number of ketones is 1. The summed E-state index contributed by atoms with van der Waals surface area (Å²) >= 11 is 0. The van der Waals surface area contributed by atoms with Gasteiger partial charge in [-0.05, 0) is 35.2 Å². The molecule has 1 aromatic heterocycles. The summed E-state index contributed by atoms with van der Waals surface area (Å²) in [5, 5.41) is 9.05. The quantitative estimate of drug-likeness (QED) is 0.666. The van der Waals surface area contributed by atoms with Crippen LogP contribution in [0.5, 0.6) is 11.6 Å². The van der Waals surface area contributed by atoms with Gasteiger partial charge in [0.25, 0.3) is 0 Å². The number of benzene rings is 2. The maximum absolute atomic E-state index is 13.4. The van der Waals surface area contributed by atoms with Gasteiger partial charge in [-0.3, -0.25) is 14.8 Å². The van der Waals surface area contributed by atoms with E-state index in [9.17, 15) is 4.79 Å². The van der Waals surface area contributed by atoms with Crippen LogP contribution in [0.25, 0.3) is 5.69 Å². The summed E-state index contributed by atoms with van der Waals surface area (Å²) in [5.74, 6) is 1.45. The van der Waals surface area contributed by atoms with Crippen LogP contribution in [-0.2, 0) is 4.79 Å². The van der Waals surface area contributed by atoms with Gasteiger partial charge in [0, 0.05) is 30.0 Å². The number of aromatic nitrogens is 2. The third-order valence-corrected chi connectivity index (χ3v) is 6.18. The minimum Gasteiger partial charge on any atom is -0.497 e. The monoisotopic (exact) mass is 427 g/mol. The predicted molar refractivity (Wildman–Crippen MR) is 120 cm³/mol. The fraction of sp³-hybridized carbons (Fsp3) is 0.269. The molecule has 2 aromatic carbocycles. The van der Waals surface area contributed by atoms with E-state index in [2.05, 4.69) is 18.8 Å². The summed E-state index contributed by atoms with van der Waals surface area (Å²) in [7, 11) is 1.63. The molecule has 32 heavy (non-hydrogen) atoms. The zero-order valence-corrected chi connectivity index (χ0v) is 18.4. The lowest BCUT2D eigenvalue weighted by Crippen LogP contribution is -2.37. The zero-order chi connectivity index (χ0) is 22.5. The van der Waals surface area contributed by atoms with E-state index in [1.165, 1.54) is 0 Å². The topological polar surface area (TPSA) is 77.2 Å². The SMILES string of the molecule is COc1ccc(C2C3=C(CC(C)(C)CC3=O)Oc3ncn(-c4ccccc4)c(=N)c32)cc1. The molecule has 0 bridgehead atoms. The minimum atomic E-state index is -0.417. The van der Waals surface area contributed by atoms with Crippen LogP contribution in [0.2, 0.25) is 0 Å². The molecule has 1 atom stereocenters. The maximum Gasteiger partial charge on any atom is 0.228 e. The molecule has 0 fully saturated rings. The van der Waals surface area contributed by atoms with Crippen molar-refractivity contribution in [3.63, 3.8) is 0 Å². The Balaban J connectivity index is 1.75. The number of para-hydroxylation sites is 1. The number of carbonyl (C=O) groups is 1. The van der Waals surface area contributed by atoms with Crippen LogP contribution in [0.3, 0.4) is 0 Å². The normalized spacial score (nSPS) is 19.1. The van der Waals surface area contributed by atoms with Crippen LogP contribution < -0.4 is 15.0 Å². The van der Waals surface area contributed by atoms with E-state index in [0.29, 0.717) is 35.6 Å². The Morgan fingerprint density at radius 1 is 1.09 bits per heavy atom. The third kappa shape index (κ3) is 3.32. The van der Waals surface area contributed by atoms with E-state index in [1.54, 1.807) is 18.0 Å². The first-order chi connectivity index (χ1) is 15.4. The van der Waals surface area contributed by atoms with E-state index >= 15 is 0 Å². The van der Waals surface area contributed by atoms with Crippen LogP contribution in [-0.4, -0.2) is 22.4 Å². The van der Waals surface area contributed by atoms with Crippen LogP contribution in [0, 0.1) is 10.8 Å². The third-order valence-electron chi connectivity index (χ3n) is 6.18.